The number of nitrogens with one attached hydrogen (secondary N) is 1. The number of halogens is 1. The van der Waals surface area contributed by atoms with Gasteiger partial charge in [-0.05, 0) is 60.0 Å². The lowest BCUT2D eigenvalue weighted by Crippen LogP contribution is -2.17. The minimum absolute atomic E-state index is 0.102. The van der Waals surface area contributed by atoms with Crippen LogP contribution in [-0.4, -0.2) is 29.6 Å². The van der Waals surface area contributed by atoms with Gasteiger partial charge in [-0.15, -0.1) is 5.10 Å². The Morgan fingerprint density at radius 3 is 2.90 bits per heavy atom. The highest BCUT2D eigenvalue weighted by molar-refractivity contribution is 6.32. The summed E-state index contributed by atoms with van der Waals surface area (Å²) in [5, 5.41) is 15.9. The Kier molecular flexibility index (Phi) is 4.28. The lowest BCUT2D eigenvalue weighted by Gasteiger charge is -2.11. The molecule has 0 radical (unpaired) electrons. The summed E-state index contributed by atoms with van der Waals surface area (Å²) in [5.41, 5.74) is 3.76. The van der Waals surface area contributed by atoms with Crippen LogP contribution in [0.4, 0.5) is 5.69 Å². The molecule has 0 aliphatic heterocycles. The lowest BCUT2D eigenvalue weighted by molar-refractivity contribution is 0.763. The van der Waals surface area contributed by atoms with Gasteiger partial charge >= 0.3 is 0 Å². The van der Waals surface area contributed by atoms with E-state index in [1.807, 2.05) is 37.3 Å². The third-order valence-electron chi connectivity index (χ3n) is 4.94. The van der Waals surface area contributed by atoms with Gasteiger partial charge in [0.05, 0.1) is 22.9 Å². The zero-order valence-electron chi connectivity index (χ0n) is 15.7. The number of aromatic nitrogens is 6. The maximum atomic E-state index is 12.4. The summed E-state index contributed by atoms with van der Waals surface area (Å²) in [6.07, 6.45) is 3.98. The van der Waals surface area contributed by atoms with E-state index in [-0.39, 0.29) is 5.56 Å². The number of hydrogen-bond donors (Lipinski definition) is 1. The maximum absolute atomic E-state index is 12.4. The number of fused-ring (bicyclic) bond motifs is 1. The topological polar surface area (TPSA) is 90.0 Å². The number of anilines is 1. The van der Waals surface area contributed by atoms with Gasteiger partial charge in [0.25, 0.3) is 5.56 Å². The van der Waals surface area contributed by atoms with Crippen LogP contribution in [0.3, 0.4) is 0 Å². The molecule has 1 aliphatic carbocycles. The average Bonchev–Trinajstić information content (AvgIpc) is 3.45. The second-order valence-corrected chi connectivity index (χ2v) is 7.67. The number of hydrogen-bond acceptors (Lipinski definition) is 6. The molecule has 146 valence electrons. The zero-order valence-corrected chi connectivity index (χ0v) is 16.5. The van der Waals surface area contributed by atoms with E-state index in [9.17, 15) is 4.79 Å². The number of benzene rings is 1. The van der Waals surface area contributed by atoms with Crippen LogP contribution in [-0.2, 0) is 6.54 Å². The molecule has 0 spiro atoms. The van der Waals surface area contributed by atoms with Crippen LogP contribution in [0.1, 0.15) is 35.8 Å². The summed E-state index contributed by atoms with van der Waals surface area (Å²) < 4.78 is 3.25. The molecule has 0 unspecified atom stereocenters. The van der Waals surface area contributed by atoms with Crippen molar-refractivity contribution in [3.8, 4) is 5.69 Å². The van der Waals surface area contributed by atoms with E-state index in [0.717, 1.165) is 35.6 Å². The summed E-state index contributed by atoms with van der Waals surface area (Å²) in [4.78, 5) is 16.9. The van der Waals surface area contributed by atoms with Gasteiger partial charge in [0.1, 0.15) is 5.65 Å². The summed E-state index contributed by atoms with van der Waals surface area (Å²) in [7, 11) is 0. The molecule has 1 aromatic carbocycles. The molecule has 3 aromatic heterocycles. The highest BCUT2D eigenvalue weighted by Gasteiger charge is 2.30. The Balaban J connectivity index is 1.41. The van der Waals surface area contributed by atoms with Crippen molar-refractivity contribution < 1.29 is 0 Å². The van der Waals surface area contributed by atoms with Crippen molar-refractivity contribution in [2.45, 2.75) is 32.2 Å². The standard InChI is InChI=1S/C20H18ClN7O/c1-12-2-7-18-23-15(9-19(29)27(18)11-12)10-22-14-5-6-16(21)17(8-14)28-20(13-3-4-13)24-25-26-28/h2,5-9,11,13,22H,3-4,10H2,1H3. The fraction of sp³-hybridized carbons (Fsp3) is 0.250. The number of aryl methyl sites for hydroxylation is 1. The monoisotopic (exact) mass is 407 g/mol. The van der Waals surface area contributed by atoms with E-state index < -0.39 is 0 Å². The molecule has 1 N–H and O–H groups in total. The largest absolute Gasteiger partial charge is 0.379 e. The minimum Gasteiger partial charge on any atom is -0.379 e. The molecule has 0 amide bonds. The summed E-state index contributed by atoms with van der Waals surface area (Å²) in [6.45, 7) is 2.35. The molecule has 29 heavy (non-hydrogen) atoms. The van der Waals surface area contributed by atoms with Crippen LogP contribution >= 0.6 is 11.6 Å². The van der Waals surface area contributed by atoms with Crippen LogP contribution in [0, 0.1) is 6.92 Å². The van der Waals surface area contributed by atoms with Crippen molar-refractivity contribution in [1.82, 2.24) is 29.6 Å². The van der Waals surface area contributed by atoms with Gasteiger partial charge in [-0.3, -0.25) is 9.20 Å². The van der Waals surface area contributed by atoms with Gasteiger partial charge in [-0.2, -0.15) is 4.68 Å². The van der Waals surface area contributed by atoms with Gasteiger partial charge in [0.2, 0.25) is 0 Å². The molecule has 9 heteroatoms. The van der Waals surface area contributed by atoms with E-state index in [2.05, 4.69) is 25.8 Å². The molecule has 4 aromatic rings. The lowest BCUT2D eigenvalue weighted by atomic mass is 10.2. The fourth-order valence-corrected chi connectivity index (χ4v) is 3.49. The summed E-state index contributed by atoms with van der Waals surface area (Å²) >= 11 is 6.40. The second-order valence-electron chi connectivity index (χ2n) is 7.26. The van der Waals surface area contributed by atoms with Crippen LogP contribution < -0.4 is 10.9 Å². The summed E-state index contributed by atoms with van der Waals surface area (Å²) in [5.74, 6) is 1.24. The van der Waals surface area contributed by atoms with E-state index >= 15 is 0 Å². The van der Waals surface area contributed by atoms with Crippen LogP contribution in [0.5, 0.6) is 0 Å². The average molecular weight is 408 g/mol. The molecule has 1 fully saturated rings. The first kappa shape index (κ1) is 17.8. The van der Waals surface area contributed by atoms with Crippen molar-refractivity contribution >= 4 is 22.9 Å². The molecular weight excluding hydrogens is 390 g/mol. The smallest absolute Gasteiger partial charge is 0.258 e. The van der Waals surface area contributed by atoms with Crippen molar-refractivity contribution in [2.75, 3.05) is 5.32 Å². The van der Waals surface area contributed by atoms with Crippen molar-refractivity contribution in [3.05, 3.63) is 75.1 Å². The van der Waals surface area contributed by atoms with Gasteiger partial charge in [0.15, 0.2) is 5.82 Å². The Hall–Kier alpha value is -3.26. The Morgan fingerprint density at radius 1 is 1.21 bits per heavy atom. The number of rotatable bonds is 5. The minimum atomic E-state index is -0.102. The molecular formula is C20H18ClN7O. The SMILES string of the molecule is Cc1ccc2nc(CNc3ccc(Cl)c(-n4nnnc4C4CC4)c3)cc(=O)n2c1. The first-order valence-electron chi connectivity index (χ1n) is 9.39. The molecule has 0 bridgehead atoms. The number of pyridine rings is 1. The zero-order chi connectivity index (χ0) is 20.0. The second kappa shape index (κ2) is 6.97. The summed E-state index contributed by atoms with van der Waals surface area (Å²) in [6, 6.07) is 10.9. The van der Waals surface area contributed by atoms with Crippen molar-refractivity contribution in [3.63, 3.8) is 0 Å². The Morgan fingerprint density at radius 2 is 2.07 bits per heavy atom. The van der Waals surface area contributed by atoms with Crippen LogP contribution in [0.2, 0.25) is 5.02 Å². The van der Waals surface area contributed by atoms with Crippen molar-refractivity contribution in [1.29, 1.82) is 0 Å². The third kappa shape index (κ3) is 3.47. The Bertz CT molecular complexity index is 1280. The first-order valence-corrected chi connectivity index (χ1v) is 9.77. The highest BCUT2D eigenvalue weighted by Crippen LogP contribution is 2.40. The number of tetrazole rings is 1. The van der Waals surface area contributed by atoms with E-state index in [4.69, 9.17) is 11.6 Å². The van der Waals surface area contributed by atoms with E-state index in [0.29, 0.717) is 28.8 Å². The Labute approximate surface area is 171 Å². The third-order valence-corrected chi connectivity index (χ3v) is 5.26. The van der Waals surface area contributed by atoms with Gasteiger partial charge in [-0.1, -0.05) is 17.7 Å². The number of nitrogens with zero attached hydrogens (tertiary/aromatic N) is 6. The van der Waals surface area contributed by atoms with Crippen LogP contribution in [0.15, 0.2) is 47.4 Å². The molecule has 8 nitrogen and oxygen atoms in total. The van der Waals surface area contributed by atoms with E-state index in [1.165, 1.54) is 0 Å². The molecule has 1 saturated carbocycles. The van der Waals surface area contributed by atoms with E-state index in [1.54, 1.807) is 21.3 Å². The van der Waals surface area contributed by atoms with Gasteiger partial charge in [-0.25, -0.2) is 4.98 Å². The molecule has 1 aliphatic rings. The van der Waals surface area contributed by atoms with Gasteiger partial charge in [0, 0.05) is 23.9 Å². The molecule has 0 atom stereocenters. The van der Waals surface area contributed by atoms with Crippen molar-refractivity contribution in [2.24, 2.45) is 0 Å². The molecule has 5 rings (SSSR count). The highest BCUT2D eigenvalue weighted by atomic mass is 35.5. The maximum Gasteiger partial charge on any atom is 0.258 e. The van der Waals surface area contributed by atoms with Gasteiger partial charge < -0.3 is 5.32 Å². The normalized spacial score (nSPS) is 13.7. The molecule has 0 saturated heterocycles. The predicted molar refractivity (Wildman–Crippen MR) is 110 cm³/mol. The molecule has 3 heterocycles. The predicted octanol–water partition coefficient (Wildman–Crippen LogP) is 3.12. The first-order chi connectivity index (χ1) is 14.1. The van der Waals surface area contributed by atoms with Crippen LogP contribution in [0.25, 0.3) is 11.3 Å². The fourth-order valence-electron chi connectivity index (χ4n) is 3.29. The quantitative estimate of drug-likeness (QED) is 0.546.